The average molecular weight is 335 g/mol. The Morgan fingerprint density at radius 2 is 0.667 bits per heavy atom. The molecule has 0 saturated carbocycles. The van der Waals surface area contributed by atoms with Gasteiger partial charge in [0.25, 0.3) is 0 Å². The molecule has 0 amide bonds. The van der Waals surface area contributed by atoms with Crippen LogP contribution in [0.3, 0.4) is 0 Å². The lowest BCUT2D eigenvalue weighted by Gasteiger charge is -1.99. The summed E-state index contributed by atoms with van der Waals surface area (Å²) in [5.74, 6) is 0. The SMILES string of the molecule is CCCCCCCCCCC=CC=CCCCCCCCCCC. The smallest absolute Gasteiger partial charge is 0.0348 e. The molecule has 0 aliphatic rings. The van der Waals surface area contributed by atoms with Crippen LogP contribution in [0.25, 0.3) is 0 Å². The predicted molar refractivity (Wildman–Crippen MR) is 113 cm³/mol. The van der Waals surface area contributed by atoms with E-state index in [0.29, 0.717) is 0 Å². The van der Waals surface area contributed by atoms with Gasteiger partial charge in [-0.3, -0.25) is 0 Å². The minimum Gasteiger partial charge on any atom is -0.0845 e. The van der Waals surface area contributed by atoms with Gasteiger partial charge in [0.15, 0.2) is 0 Å². The minimum absolute atomic E-state index is 1.26. The molecule has 0 aromatic carbocycles. The fourth-order valence-corrected chi connectivity index (χ4v) is 3.14. The molecule has 0 bridgehead atoms. The van der Waals surface area contributed by atoms with Crippen LogP contribution in [0.2, 0.25) is 0 Å². The Balaban J connectivity index is 3.15. The Morgan fingerprint density at radius 1 is 0.375 bits per heavy atom. The lowest BCUT2D eigenvalue weighted by Crippen LogP contribution is -1.80. The quantitative estimate of drug-likeness (QED) is 0.163. The standard InChI is InChI=1S/C24H46/c1-3-5-7-9-11-13-15-17-19-21-23-24-22-20-18-16-14-12-10-8-6-4-2/h21-24H,3-20H2,1-2H3. The molecule has 0 aromatic rings. The highest BCUT2D eigenvalue weighted by molar-refractivity contribution is 5.02. The monoisotopic (exact) mass is 334 g/mol. The van der Waals surface area contributed by atoms with E-state index >= 15 is 0 Å². The molecule has 0 rings (SSSR count). The second kappa shape index (κ2) is 22.5. The molecular weight excluding hydrogens is 288 g/mol. The van der Waals surface area contributed by atoms with E-state index < -0.39 is 0 Å². The Morgan fingerprint density at radius 3 is 1.00 bits per heavy atom. The molecule has 24 heavy (non-hydrogen) atoms. The molecule has 0 N–H and O–H groups in total. The summed E-state index contributed by atoms with van der Waals surface area (Å²) < 4.78 is 0. The highest BCUT2D eigenvalue weighted by Crippen LogP contribution is 2.11. The van der Waals surface area contributed by atoms with Crippen molar-refractivity contribution in [2.45, 2.75) is 129 Å². The van der Waals surface area contributed by atoms with E-state index in [1.807, 2.05) is 0 Å². The van der Waals surface area contributed by atoms with Gasteiger partial charge in [-0.1, -0.05) is 128 Å². The molecule has 0 nitrogen and oxygen atoms in total. The van der Waals surface area contributed by atoms with Crippen molar-refractivity contribution < 1.29 is 0 Å². The van der Waals surface area contributed by atoms with Gasteiger partial charge in [0, 0.05) is 0 Å². The highest BCUT2D eigenvalue weighted by Gasteiger charge is 1.91. The molecule has 0 atom stereocenters. The number of rotatable bonds is 19. The van der Waals surface area contributed by atoms with Crippen LogP contribution in [0.1, 0.15) is 129 Å². The van der Waals surface area contributed by atoms with Crippen molar-refractivity contribution in [3.8, 4) is 0 Å². The van der Waals surface area contributed by atoms with Crippen LogP contribution in [-0.2, 0) is 0 Å². The molecule has 0 aliphatic heterocycles. The van der Waals surface area contributed by atoms with E-state index in [0.717, 1.165) is 0 Å². The van der Waals surface area contributed by atoms with Crippen LogP contribution < -0.4 is 0 Å². The van der Waals surface area contributed by atoms with E-state index in [-0.39, 0.29) is 0 Å². The van der Waals surface area contributed by atoms with Crippen molar-refractivity contribution in [2.24, 2.45) is 0 Å². The third kappa shape index (κ3) is 21.5. The number of hydrogen-bond donors (Lipinski definition) is 0. The summed E-state index contributed by atoms with van der Waals surface area (Å²) in [4.78, 5) is 0. The van der Waals surface area contributed by atoms with Gasteiger partial charge in [-0.2, -0.15) is 0 Å². The molecular formula is C24H46. The molecule has 0 radical (unpaired) electrons. The zero-order valence-corrected chi connectivity index (χ0v) is 17.0. The Hall–Kier alpha value is -0.520. The lowest BCUT2D eigenvalue weighted by molar-refractivity contribution is 0.577. The van der Waals surface area contributed by atoms with Gasteiger partial charge < -0.3 is 0 Å². The second-order valence-corrected chi connectivity index (χ2v) is 7.38. The van der Waals surface area contributed by atoms with E-state index in [1.165, 1.54) is 116 Å². The maximum Gasteiger partial charge on any atom is -0.0348 e. The summed E-state index contributed by atoms with van der Waals surface area (Å²) >= 11 is 0. The summed E-state index contributed by atoms with van der Waals surface area (Å²) in [6.45, 7) is 4.58. The fraction of sp³-hybridized carbons (Fsp3) is 0.833. The molecule has 142 valence electrons. The van der Waals surface area contributed by atoms with Crippen LogP contribution >= 0.6 is 0 Å². The topological polar surface area (TPSA) is 0 Å². The molecule has 0 aromatic heterocycles. The van der Waals surface area contributed by atoms with Gasteiger partial charge in [-0.15, -0.1) is 0 Å². The zero-order valence-electron chi connectivity index (χ0n) is 17.0. The minimum atomic E-state index is 1.26. The summed E-state index contributed by atoms with van der Waals surface area (Å²) in [6.07, 6.45) is 34.4. The Labute approximate surface area is 154 Å². The summed E-state index contributed by atoms with van der Waals surface area (Å²) in [5.41, 5.74) is 0. The van der Waals surface area contributed by atoms with Crippen molar-refractivity contribution in [3.63, 3.8) is 0 Å². The molecule has 0 heteroatoms. The van der Waals surface area contributed by atoms with Crippen LogP contribution in [0.15, 0.2) is 24.3 Å². The van der Waals surface area contributed by atoms with Crippen LogP contribution in [0.4, 0.5) is 0 Å². The third-order valence-corrected chi connectivity index (χ3v) is 4.83. The van der Waals surface area contributed by atoms with Crippen molar-refractivity contribution in [2.75, 3.05) is 0 Å². The maximum atomic E-state index is 2.35. The first-order valence-corrected chi connectivity index (χ1v) is 11.2. The maximum absolute atomic E-state index is 2.35. The molecule has 0 fully saturated rings. The Bertz CT molecular complexity index is 233. The first-order chi connectivity index (χ1) is 11.9. The first-order valence-electron chi connectivity index (χ1n) is 11.2. The highest BCUT2D eigenvalue weighted by atomic mass is 14.0. The second-order valence-electron chi connectivity index (χ2n) is 7.38. The van der Waals surface area contributed by atoms with E-state index in [2.05, 4.69) is 38.2 Å². The van der Waals surface area contributed by atoms with Gasteiger partial charge in [0.2, 0.25) is 0 Å². The van der Waals surface area contributed by atoms with Gasteiger partial charge in [-0.25, -0.2) is 0 Å². The molecule has 0 spiro atoms. The van der Waals surface area contributed by atoms with Crippen LogP contribution in [-0.4, -0.2) is 0 Å². The van der Waals surface area contributed by atoms with Crippen molar-refractivity contribution in [1.29, 1.82) is 0 Å². The predicted octanol–water partition coefficient (Wildman–Crippen LogP) is 9.16. The van der Waals surface area contributed by atoms with Crippen LogP contribution in [0, 0.1) is 0 Å². The first kappa shape index (κ1) is 23.5. The van der Waals surface area contributed by atoms with Gasteiger partial charge >= 0.3 is 0 Å². The summed E-state index contributed by atoms with van der Waals surface area (Å²) in [7, 11) is 0. The molecule has 0 heterocycles. The fourth-order valence-electron chi connectivity index (χ4n) is 3.14. The normalized spacial score (nSPS) is 11.9. The summed E-state index contributed by atoms with van der Waals surface area (Å²) in [5, 5.41) is 0. The molecule has 0 aliphatic carbocycles. The number of hydrogen-bond acceptors (Lipinski definition) is 0. The van der Waals surface area contributed by atoms with Gasteiger partial charge in [-0.05, 0) is 25.7 Å². The summed E-state index contributed by atoms with van der Waals surface area (Å²) in [6, 6.07) is 0. The zero-order chi connectivity index (χ0) is 17.6. The average Bonchev–Trinajstić information content (AvgIpc) is 2.60. The lowest BCUT2D eigenvalue weighted by atomic mass is 10.1. The third-order valence-electron chi connectivity index (χ3n) is 4.83. The van der Waals surface area contributed by atoms with E-state index in [1.54, 1.807) is 0 Å². The molecule has 0 unspecified atom stereocenters. The largest absolute Gasteiger partial charge is 0.0845 e. The molecule has 0 saturated heterocycles. The van der Waals surface area contributed by atoms with Gasteiger partial charge in [0.1, 0.15) is 0 Å². The van der Waals surface area contributed by atoms with E-state index in [9.17, 15) is 0 Å². The Kier molecular flexibility index (Phi) is 22.0. The van der Waals surface area contributed by atoms with Crippen LogP contribution in [0.5, 0.6) is 0 Å². The van der Waals surface area contributed by atoms with Crippen molar-refractivity contribution >= 4 is 0 Å². The van der Waals surface area contributed by atoms with Gasteiger partial charge in [0.05, 0.1) is 0 Å². The van der Waals surface area contributed by atoms with Crippen molar-refractivity contribution in [3.05, 3.63) is 24.3 Å². The van der Waals surface area contributed by atoms with Crippen molar-refractivity contribution in [1.82, 2.24) is 0 Å². The number of unbranched alkanes of at least 4 members (excludes halogenated alkanes) is 16. The number of allylic oxidation sites excluding steroid dienone is 4. The van der Waals surface area contributed by atoms with E-state index in [4.69, 9.17) is 0 Å².